The first-order valence-corrected chi connectivity index (χ1v) is 10.3. The summed E-state index contributed by atoms with van der Waals surface area (Å²) in [5.74, 6) is -0.197. The highest BCUT2D eigenvalue weighted by Gasteiger charge is 2.28. The second-order valence-electron chi connectivity index (χ2n) is 6.67. The topological polar surface area (TPSA) is 52.7 Å². The van der Waals surface area contributed by atoms with E-state index in [1.807, 2.05) is 23.1 Å². The molecule has 0 radical (unpaired) electrons. The lowest BCUT2D eigenvalue weighted by atomic mass is 10.2. The average Bonchev–Trinajstić information content (AvgIpc) is 2.72. The Balaban J connectivity index is 1.58. The van der Waals surface area contributed by atoms with Gasteiger partial charge in [-0.2, -0.15) is 0 Å². The molecule has 7 heteroatoms. The van der Waals surface area contributed by atoms with Crippen molar-refractivity contribution < 1.29 is 14.0 Å². The molecule has 1 heterocycles. The van der Waals surface area contributed by atoms with Crippen molar-refractivity contribution in [2.24, 2.45) is 0 Å². The number of anilines is 1. The van der Waals surface area contributed by atoms with Gasteiger partial charge < -0.3 is 15.1 Å². The Morgan fingerprint density at radius 1 is 1.04 bits per heavy atom. The number of amides is 2. The molecule has 148 valence electrons. The number of nitrogens with zero attached hydrogens (tertiary/aromatic N) is 2. The first kappa shape index (κ1) is 20.2. The lowest BCUT2D eigenvalue weighted by molar-refractivity contribution is -0.135. The Bertz CT molecular complexity index is 793. The average molecular weight is 402 g/mol. The van der Waals surface area contributed by atoms with Crippen molar-refractivity contribution in [2.45, 2.75) is 17.9 Å². The summed E-state index contributed by atoms with van der Waals surface area (Å²) in [5.41, 5.74) is 1.15. The van der Waals surface area contributed by atoms with Crippen LogP contribution >= 0.6 is 11.8 Å². The number of thioether (sulfide) groups is 1. The number of hydrogen-bond donors (Lipinski definition) is 1. The van der Waals surface area contributed by atoms with E-state index in [-0.39, 0.29) is 17.6 Å². The zero-order chi connectivity index (χ0) is 19.9. The first-order valence-electron chi connectivity index (χ1n) is 9.27. The molecule has 0 saturated carbocycles. The molecule has 2 aromatic carbocycles. The van der Waals surface area contributed by atoms with Crippen LogP contribution < -0.4 is 10.2 Å². The molecule has 2 amide bonds. The zero-order valence-corrected chi connectivity index (χ0v) is 16.6. The van der Waals surface area contributed by atoms with E-state index in [1.165, 1.54) is 30.8 Å². The third kappa shape index (κ3) is 5.48. The van der Waals surface area contributed by atoms with Crippen molar-refractivity contribution in [1.29, 1.82) is 0 Å². The molecule has 3 rings (SSSR count). The Labute approximate surface area is 168 Å². The van der Waals surface area contributed by atoms with Crippen molar-refractivity contribution in [2.75, 3.05) is 36.8 Å². The van der Waals surface area contributed by atoms with Gasteiger partial charge in [-0.05, 0) is 36.4 Å². The number of carbonyl (C=O) groups is 2. The molecule has 1 atom stereocenters. The first-order chi connectivity index (χ1) is 13.5. The molecule has 5 nitrogen and oxygen atoms in total. The van der Waals surface area contributed by atoms with Crippen molar-refractivity contribution in [3.63, 3.8) is 0 Å². The van der Waals surface area contributed by atoms with Crippen LogP contribution in [0.4, 0.5) is 10.1 Å². The van der Waals surface area contributed by atoms with Gasteiger partial charge in [0.25, 0.3) is 0 Å². The Hall–Kier alpha value is -2.54. The van der Waals surface area contributed by atoms with Crippen molar-refractivity contribution in [1.82, 2.24) is 10.2 Å². The number of hydrogen-bond acceptors (Lipinski definition) is 4. The Morgan fingerprint density at radius 2 is 1.68 bits per heavy atom. The molecule has 1 aliphatic rings. The summed E-state index contributed by atoms with van der Waals surface area (Å²) in [4.78, 5) is 29.5. The lowest BCUT2D eigenvalue weighted by Crippen LogP contribution is -2.55. The maximum Gasteiger partial charge on any atom is 0.246 e. The summed E-state index contributed by atoms with van der Waals surface area (Å²) in [6.45, 7) is 4.16. The SMILES string of the molecule is CC(=O)NC(CSc1ccc(F)cc1)C(=O)N1CCN(c2ccccc2)CC1. The van der Waals surface area contributed by atoms with Crippen LogP contribution in [0, 0.1) is 5.82 Å². The van der Waals surface area contributed by atoms with Crippen LogP contribution in [0.2, 0.25) is 0 Å². The number of nitrogens with one attached hydrogen (secondary N) is 1. The van der Waals surface area contributed by atoms with Crippen LogP contribution in [0.5, 0.6) is 0 Å². The van der Waals surface area contributed by atoms with E-state index in [9.17, 15) is 14.0 Å². The molecule has 1 fully saturated rings. The summed E-state index contributed by atoms with van der Waals surface area (Å²) < 4.78 is 13.1. The minimum atomic E-state index is -0.601. The Kier molecular flexibility index (Phi) is 6.92. The normalized spacial score (nSPS) is 15.2. The summed E-state index contributed by atoms with van der Waals surface area (Å²) in [6.07, 6.45) is 0. The fourth-order valence-corrected chi connectivity index (χ4v) is 4.09. The molecule has 1 aliphatic heterocycles. The second-order valence-corrected chi connectivity index (χ2v) is 7.76. The third-order valence-corrected chi connectivity index (χ3v) is 5.72. The fraction of sp³-hybridized carbons (Fsp3) is 0.333. The van der Waals surface area contributed by atoms with Gasteiger partial charge in [-0.25, -0.2) is 4.39 Å². The van der Waals surface area contributed by atoms with E-state index in [4.69, 9.17) is 0 Å². The van der Waals surface area contributed by atoms with Crippen LogP contribution in [-0.2, 0) is 9.59 Å². The largest absolute Gasteiger partial charge is 0.368 e. The standard InChI is InChI=1S/C21H24FN3O2S/c1-16(26)23-20(15-28-19-9-7-17(22)8-10-19)21(27)25-13-11-24(12-14-25)18-5-3-2-4-6-18/h2-10,20H,11-15H2,1H3,(H,23,26). The number of benzene rings is 2. The monoisotopic (exact) mass is 401 g/mol. The quantitative estimate of drug-likeness (QED) is 0.757. The minimum Gasteiger partial charge on any atom is -0.368 e. The number of piperazine rings is 1. The summed E-state index contributed by atoms with van der Waals surface area (Å²) in [6, 6.07) is 15.7. The molecular weight excluding hydrogens is 377 g/mol. The predicted octanol–water partition coefficient (Wildman–Crippen LogP) is 2.77. The van der Waals surface area contributed by atoms with Crippen molar-refractivity contribution >= 4 is 29.3 Å². The number of carbonyl (C=O) groups excluding carboxylic acids is 2. The Morgan fingerprint density at radius 3 is 2.29 bits per heavy atom. The highest BCUT2D eigenvalue weighted by atomic mass is 32.2. The molecule has 1 saturated heterocycles. The van der Waals surface area contributed by atoms with Gasteiger partial charge in [-0.15, -0.1) is 11.8 Å². The zero-order valence-electron chi connectivity index (χ0n) is 15.8. The smallest absolute Gasteiger partial charge is 0.246 e. The molecule has 28 heavy (non-hydrogen) atoms. The van der Waals surface area contributed by atoms with Gasteiger partial charge in [0, 0.05) is 49.4 Å². The molecule has 1 N–H and O–H groups in total. The van der Waals surface area contributed by atoms with Gasteiger partial charge in [0.15, 0.2) is 0 Å². The van der Waals surface area contributed by atoms with Crippen LogP contribution in [0.25, 0.3) is 0 Å². The van der Waals surface area contributed by atoms with Gasteiger partial charge in [-0.1, -0.05) is 18.2 Å². The van der Waals surface area contributed by atoms with Crippen LogP contribution in [0.15, 0.2) is 59.5 Å². The molecule has 0 spiro atoms. The summed E-state index contributed by atoms with van der Waals surface area (Å²) in [5, 5.41) is 2.76. The van der Waals surface area contributed by atoms with Crippen molar-refractivity contribution in [3.8, 4) is 0 Å². The summed E-state index contributed by atoms with van der Waals surface area (Å²) in [7, 11) is 0. The van der Waals surface area contributed by atoms with Crippen LogP contribution in [-0.4, -0.2) is 54.7 Å². The second kappa shape index (κ2) is 9.59. The third-order valence-electron chi connectivity index (χ3n) is 4.62. The summed E-state index contributed by atoms with van der Waals surface area (Å²) >= 11 is 1.43. The molecule has 0 bridgehead atoms. The van der Waals surface area contributed by atoms with Crippen LogP contribution in [0.3, 0.4) is 0 Å². The van der Waals surface area contributed by atoms with Gasteiger partial charge in [-0.3, -0.25) is 9.59 Å². The minimum absolute atomic E-state index is 0.0717. The lowest BCUT2D eigenvalue weighted by Gasteiger charge is -2.37. The van der Waals surface area contributed by atoms with Gasteiger partial charge >= 0.3 is 0 Å². The number of rotatable bonds is 6. The number of para-hydroxylation sites is 1. The van der Waals surface area contributed by atoms with E-state index >= 15 is 0 Å². The van der Waals surface area contributed by atoms with E-state index in [0.717, 1.165) is 23.7 Å². The maximum absolute atomic E-state index is 13.1. The van der Waals surface area contributed by atoms with Gasteiger partial charge in [0.05, 0.1) is 0 Å². The van der Waals surface area contributed by atoms with Crippen molar-refractivity contribution in [3.05, 3.63) is 60.4 Å². The molecular formula is C21H24FN3O2S. The van der Waals surface area contributed by atoms with E-state index in [2.05, 4.69) is 22.3 Å². The molecule has 1 unspecified atom stereocenters. The van der Waals surface area contributed by atoms with E-state index in [0.29, 0.717) is 18.8 Å². The van der Waals surface area contributed by atoms with E-state index in [1.54, 1.807) is 12.1 Å². The molecule has 0 aliphatic carbocycles. The maximum atomic E-state index is 13.1. The number of halogens is 1. The van der Waals surface area contributed by atoms with Gasteiger partial charge in [0.1, 0.15) is 11.9 Å². The van der Waals surface area contributed by atoms with E-state index < -0.39 is 6.04 Å². The highest BCUT2D eigenvalue weighted by molar-refractivity contribution is 7.99. The van der Waals surface area contributed by atoms with Gasteiger partial charge in [0.2, 0.25) is 11.8 Å². The molecule has 0 aromatic heterocycles. The predicted molar refractivity (Wildman–Crippen MR) is 110 cm³/mol. The van der Waals surface area contributed by atoms with Crippen LogP contribution in [0.1, 0.15) is 6.92 Å². The highest BCUT2D eigenvalue weighted by Crippen LogP contribution is 2.21. The fourth-order valence-electron chi connectivity index (χ4n) is 3.17. The molecule has 2 aromatic rings.